The second-order valence-electron chi connectivity index (χ2n) is 3.86. The molecule has 1 heterocycles. The number of hydrogen-bond acceptors (Lipinski definition) is 2. The van der Waals surface area contributed by atoms with Crippen LogP contribution in [0.15, 0.2) is 42.7 Å². The van der Waals surface area contributed by atoms with Crippen LogP contribution < -0.4 is 0 Å². The Labute approximate surface area is 95.0 Å². The lowest BCUT2D eigenvalue weighted by Crippen LogP contribution is -1.95. The van der Waals surface area contributed by atoms with Crippen LogP contribution in [-0.4, -0.2) is 11.3 Å². The summed E-state index contributed by atoms with van der Waals surface area (Å²) in [5.74, 6) is 0. The van der Waals surface area contributed by atoms with Crippen molar-refractivity contribution < 1.29 is 4.79 Å². The number of aldehydes is 1. The van der Waals surface area contributed by atoms with Crippen molar-refractivity contribution in [2.45, 2.75) is 13.3 Å². The Balaban J connectivity index is 2.33. The SMILES string of the molecule is Cc1ccc(C=O)c(Cc2cccnc2)c1. The Kier molecular flexibility index (Phi) is 3.10. The van der Waals surface area contributed by atoms with Crippen molar-refractivity contribution in [3.05, 3.63) is 65.0 Å². The van der Waals surface area contributed by atoms with Crippen molar-refractivity contribution in [1.29, 1.82) is 0 Å². The molecule has 0 aliphatic carbocycles. The molecule has 0 spiro atoms. The fourth-order valence-electron chi connectivity index (χ4n) is 1.73. The summed E-state index contributed by atoms with van der Waals surface area (Å²) in [6, 6.07) is 9.80. The number of aryl methyl sites for hydroxylation is 1. The maximum atomic E-state index is 10.9. The minimum absolute atomic E-state index is 0.754. The highest BCUT2D eigenvalue weighted by atomic mass is 16.1. The van der Waals surface area contributed by atoms with E-state index in [1.807, 2.05) is 37.4 Å². The molecule has 0 saturated heterocycles. The number of rotatable bonds is 3. The maximum Gasteiger partial charge on any atom is 0.150 e. The van der Waals surface area contributed by atoms with Crippen LogP contribution >= 0.6 is 0 Å². The third-order valence-corrected chi connectivity index (χ3v) is 2.54. The van der Waals surface area contributed by atoms with Gasteiger partial charge in [-0.15, -0.1) is 0 Å². The number of aromatic nitrogens is 1. The number of benzene rings is 1. The first-order valence-corrected chi connectivity index (χ1v) is 5.23. The molecular formula is C14H13NO. The lowest BCUT2D eigenvalue weighted by Gasteiger charge is -2.05. The third kappa shape index (κ3) is 2.34. The van der Waals surface area contributed by atoms with Crippen LogP contribution in [0.25, 0.3) is 0 Å². The molecule has 2 nitrogen and oxygen atoms in total. The average Bonchev–Trinajstić information content (AvgIpc) is 2.31. The smallest absolute Gasteiger partial charge is 0.150 e. The molecule has 0 bridgehead atoms. The first-order chi connectivity index (χ1) is 7.79. The maximum absolute atomic E-state index is 10.9. The van der Waals surface area contributed by atoms with Crippen molar-refractivity contribution in [2.24, 2.45) is 0 Å². The van der Waals surface area contributed by atoms with E-state index in [1.54, 1.807) is 6.20 Å². The largest absolute Gasteiger partial charge is 0.298 e. The van der Waals surface area contributed by atoms with Gasteiger partial charge in [-0.1, -0.05) is 29.8 Å². The van der Waals surface area contributed by atoms with Gasteiger partial charge in [0.1, 0.15) is 6.29 Å². The topological polar surface area (TPSA) is 30.0 Å². The first kappa shape index (κ1) is 10.6. The molecule has 16 heavy (non-hydrogen) atoms. The van der Waals surface area contributed by atoms with Crippen molar-refractivity contribution in [3.63, 3.8) is 0 Å². The molecule has 2 aromatic rings. The number of carbonyl (C=O) groups is 1. The summed E-state index contributed by atoms with van der Waals surface area (Å²) in [6.45, 7) is 2.03. The Hall–Kier alpha value is -1.96. The fourth-order valence-corrected chi connectivity index (χ4v) is 1.73. The monoisotopic (exact) mass is 211 g/mol. The summed E-state index contributed by atoms with van der Waals surface area (Å²) >= 11 is 0. The van der Waals surface area contributed by atoms with Crippen LogP contribution in [0.2, 0.25) is 0 Å². The lowest BCUT2D eigenvalue weighted by molar-refractivity contribution is 0.112. The molecule has 0 unspecified atom stereocenters. The molecule has 0 radical (unpaired) electrons. The molecule has 80 valence electrons. The van der Waals surface area contributed by atoms with Gasteiger partial charge in [0.25, 0.3) is 0 Å². The van der Waals surface area contributed by atoms with E-state index in [-0.39, 0.29) is 0 Å². The summed E-state index contributed by atoms with van der Waals surface area (Å²) in [5.41, 5.74) is 4.11. The summed E-state index contributed by atoms with van der Waals surface area (Å²) in [4.78, 5) is 15.0. The second kappa shape index (κ2) is 4.71. The molecule has 2 heteroatoms. The molecule has 0 aliphatic rings. The molecule has 1 aromatic heterocycles. The summed E-state index contributed by atoms with van der Waals surface area (Å²) in [6.07, 6.45) is 5.24. The van der Waals surface area contributed by atoms with E-state index in [9.17, 15) is 4.79 Å². The zero-order valence-electron chi connectivity index (χ0n) is 9.18. The summed E-state index contributed by atoms with van der Waals surface area (Å²) < 4.78 is 0. The number of pyridine rings is 1. The molecule has 0 atom stereocenters. The highest BCUT2D eigenvalue weighted by Gasteiger charge is 2.03. The second-order valence-corrected chi connectivity index (χ2v) is 3.86. The highest BCUT2D eigenvalue weighted by Crippen LogP contribution is 2.14. The molecule has 0 aliphatic heterocycles. The number of carbonyl (C=O) groups excluding carboxylic acids is 1. The van der Waals surface area contributed by atoms with E-state index in [2.05, 4.69) is 11.1 Å². The van der Waals surface area contributed by atoms with E-state index < -0.39 is 0 Å². The van der Waals surface area contributed by atoms with Gasteiger partial charge in [0.05, 0.1) is 0 Å². The molecule has 0 fully saturated rings. The Morgan fingerprint density at radius 2 is 2.19 bits per heavy atom. The van der Waals surface area contributed by atoms with E-state index in [0.29, 0.717) is 0 Å². The van der Waals surface area contributed by atoms with Gasteiger partial charge in [-0.05, 0) is 30.5 Å². The van der Waals surface area contributed by atoms with Crippen LogP contribution in [0.1, 0.15) is 27.0 Å². The van der Waals surface area contributed by atoms with Gasteiger partial charge in [-0.3, -0.25) is 9.78 Å². The van der Waals surface area contributed by atoms with Crippen LogP contribution in [0, 0.1) is 6.92 Å². The van der Waals surface area contributed by atoms with Gasteiger partial charge in [-0.25, -0.2) is 0 Å². The van der Waals surface area contributed by atoms with Gasteiger partial charge in [0, 0.05) is 18.0 Å². The third-order valence-electron chi connectivity index (χ3n) is 2.54. The Morgan fingerprint density at radius 1 is 1.31 bits per heavy atom. The van der Waals surface area contributed by atoms with Crippen LogP contribution in [0.3, 0.4) is 0 Å². The van der Waals surface area contributed by atoms with Crippen LogP contribution in [0.5, 0.6) is 0 Å². The lowest BCUT2D eigenvalue weighted by atomic mass is 9.99. The summed E-state index contributed by atoms with van der Waals surface area (Å²) in [7, 11) is 0. The number of hydrogen-bond donors (Lipinski definition) is 0. The quantitative estimate of drug-likeness (QED) is 0.731. The first-order valence-electron chi connectivity index (χ1n) is 5.23. The standard InChI is InChI=1S/C14H13NO/c1-11-4-5-13(10-16)14(7-11)8-12-3-2-6-15-9-12/h2-7,9-10H,8H2,1H3. The van der Waals surface area contributed by atoms with Gasteiger partial charge in [0.15, 0.2) is 0 Å². The summed E-state index contributed by atoms with van der Waals surface area (Å²) in [5, 5.41) is 0. The van der Waals surface area contributed by atoms with Gasteiger partial charge >= 0.3 is 0 Å². The molecule has 1 aromatic carbocycles. The fraction of sp³-hybridized carbons (Fsp3) is 0.143. The molecule has 0 saturated carbocycles. The van der Waals surface area contributed by atoms with Crippen molar-refractivity contribution in [1.82, 2.24) is 4.98 Å². The average molecular weight is 211 g/mol. The van der Waals surface area contributed by atoms with E-state index in [0.717, 1.165) is 29.4 Å². The van der Waals surface area contributed by atoms with E-state index >= 15 is 0 Å². The van der Waals surface area contributed by atoms with Crippen molar-refractivity contribution in [3.8, 4) is 0 Å². The van der Waals surface area contributed by atoms with Crippen molar-refractivity contribution >= 4 is 6.29 Å². The Bertz CT molecular complexity index is 491. The number of nitrogens with zero attached hydrogens (tertiary/aromatic N) is 1. The zero-order chi connectivity index (χ0) is 11.4. The zero-order valence-corrected chi connectivity index (χ0v) is 9.18. The Morgan fingerprint density at radius 3 is 2.88 bits per heavy atom. The molecule has 2 rings (SSSR count). The minimum atomic E-state index is 0.754. The van der Waals surface area contributed by atoms with E-state index in [4.69, 9.17) is 0 Å². The van der Waals surface area contributed by atoms with Crippen molar-refractivity contribution in [2.75, 3.05) is 0 Å². The predicted molar refractivity (Wildman–Crippen MR) is 63.6 cm³/mol. The van der Waals surface area contributed by atoms with Crippen LogP contribution in [-0.2, 0) is 6.42 Å². The molecular weight excluding hydrogens is 198 g/mol. The molecule has 0 N–H and O–H groups in total. The minimum Gasteiger partial charge on any atom is -0.298 e. The van der Waals surface area contributed by atoms with Gasteiger partial charge in [-0.2, -0.15) is 0 Å². The highest BCUT2D eigenvalue weighted by molar-refractivity contribution is 5.77. The predicted octanol–water partition coefficient (Wildman–Crippen LogP) is 2.79. The molecule has 0 amide bonds. The van der Waals surface area contributed by atoms with Gasteiger partial charge in [0.2, 0.25) is 0 Å². The van der Waals surface area contributed by atoms with Crippen LogP contribution in [0.4, 0.5) is 0 Å². The van der Waals surface area contributed by atoms with E-state index in [1.165, 1.54) is 5.56 Å². The normalized spacial score (nSPS) is 10.1. The van der Waals surface area contributed by atoms with Gasteiger partial charge < -0.3 is 0 Å².